The van der Waals surface area contributed by atoms with Gasteiger partial charge in [-0.2, -0.15) is 0 Å². The van der Waals surface area contributed by atoms with Gasteiger partial charge in [-0.15, -0.1) is 5.16 Å². The lowest BCUT2D eigenvalue weighted by Gasteiger charge is -2.04. The fourth-order valence-electron chi connectivity index (χ4n) is 1.00. The van der Waals surface area contributed by atoms with Crippen molar-refractivity contribution in [2.75, 3.05) is 0 Å². The first-order valence-corrected chi connectivity index (χ1v) is 4.46. The zero-order chi connectivity index (χ0) is 9.40. The topological polar surface area (TPSA) is 32.6 Å². The largest absolute Gasteiger partial charge is 0.411 e. The van der Waals surface area contributed by atoms with Crippen molar-refractivity contribution in [1.29, 1.82) is 0 Å². The van der Waals surface area contributed by atoms with Crippen molar-refractivity contribution in [3.63, 3.8) is 0 Å². The molecule has 0 aromatic rings. The van der Waals surface area contributed by atoms with Gasteiger partial charge in [-0.1, -0.05) is 18.6 Å². The fourth-order valence-corrected chi connectivity index (χ4v) is 1.00. The average molecular weight is 169 g/mol. The molecular weight excluding hydrogens is 150 g/mol. The third-order valence-electron chi connectivity index (χ3n) is 1.80. The van der Waals surface area contributed by atoms with Crippen LogP contribution >= 0.6 is 0 Å². The van der Waals surface area contributed by atoms with Gasteiger partial charge in [0.1, 0.15) is 0 Å². The summed E-state index contributed by atoms with van der Waals surface area (Å²) in [6.07, 6.45) is 6.97. The predicted octanol–water partition coefficient (Wildman–Crippen LogP) is 3.22. The fraction of sp³-hybridized carbons (Fsp3) is 0.700. The van der Waals surface area contributed by atoms with E-state index in [1.165, 1.54) is 5.57 Å². The molecule has 0 fully saturated rings. The molecule has 0 unspecified atom stereocenters. The van der Waals surface area contributed by atoms with Gasteiger partial charge in [-0.3, -0.25) is 0 Å². The van der Waals surface area contributed by atoms with Crippen molar-refractivity contribution in [3.8, 4) is 0 Å². The van der Waals surface area contributed by atoms with Gasteiger partial charge >= 0.3 is 0 Å². The predicted molar refractivity (Wildman–Crippen MR) is 52.7 cm³/mol. The Balaban J connectivity index is 3.43. The van der Waals surface area contributed by atoms with Gasteiger partial charge in [0.25, 0.3) is 0 Å². The molecule has 0 saturated carbocycles. The maximum Gasteiger partial charge on any atom is 0.0438 e. The second-order valence-corrected chi connectivity index (χ2v) is 3.50. The van der Waals surface area contributed by atoms with Crippen LogP contribution in [0.5, 0.6) is 0 Å². The maximum atomic E-state index is 8.19. The molecule has 0 aromatic carbocycles. The molecule has 0 spiro atoms. The number of nitrogens with zero attached hydrogens (tertiary/aromatic N) is 1. The number of hydrogen-bond donors (Lipinski definition) is 1. The van der Waals surface area contributed by atoms with Crippen molar-refractivity contribution >= 4 is 6.21 Å². The van der Waals surface area contributed by atoms with E-state index in [9.17, 15) is 0 Å². The van der Waals surface area contributed by atoms with Crippen LogP contribution in [0.2, 0.25) is 0 Å². The van der Waals surface area contributed by atoms with Crippen molar-refractivity contribution in [2.24, 2.45) is 11.1 Å². The van der Waals surface area contributed by atoms with E-state index in [0.717, 1.165) is 19.3 Å². The summed E-state index contributed by atoms with van der Waals surface area (Å²) in [7, 11) is 0. The van der Waals surface area contributed by atoms with Gasteiger partial charge in [0, 0.05) is 6.21 Å². The van der Waals surface area contributed by atoms with Gasteiger partial charge in [-0.05, 0) is 39.0 Å². The molecule has 2 nitrogen and oxygen atoms in total. The summed E-state index contributed by atoms with van der Waals surface area (Å²) in [6, 6.07) is 0. The Morgan fingerprint density at radius 1 is 1.50 bits per heavy atom. The lowest BCUT2D eigenvalue weighted by atomic mass is 10.0. The Morgan fingerprint density at radius 2 is 2.17 bits per heavy atom. The highest BCUT2D eigenvalue weighted by molar-refractivity contribution is 5.56. The Hall–Kier alpha value is -0.790. The van der Waals surface area contributed by atoms with Crippen molar-refractivity contribution < 1.29 is 5.21 Å². The molecule has 0 radical (unpaired) electrons. The van der Waals surface area contributed by atoms with Crippen LogP contribution < -0.4 is 0 Å². The molecule has 1 N–H and O–H groups in total. The van der Waals surface area contributed by atoms with Crippen LogP contribution in [0.3, 0.4) is 0 Å². The minimum atomic E-state index is 0.608. The van der Waals surface area contributed by atoms with Crippen molar-refractivity contribution in [1.82, 2.24) is 0 Å². The van der Waals surface area contributed by atoms with E-state index >= 15 is 0 Å². The third kappa shape index (κ3) is 7.32. The lowest BCUT2D eigenvalue weighted by molar-refractivity contribution is 0.319. The normalized spacial score (nSPS) is 13.2. The second kappa shape index (κ2) is 6.89. The van der Waals surface area contributed by atoms with E-state index in [4.69, 9.17) is 5.21 Å². The summed E-state index contributed by atoms with van der Waals surface area (Å²) in [5, 5.41) is 11.2. The Morgan fingerprint density at radius 3 is 2.67 bits per heavy atom. The first-order valence-electron chi connectivity index (χ1n) is 4.46. The highest BCUT2D eigenvalue weighted by Crippen LogP contribution is 2.10. The first kappa shape index (κ1) is 11.2. The lowest BCUT2D eigenvalue weighted by Crippen LogP contribution is -1.94. The van der Waals surface area contributed by atoms with Gasteiger partial charge in [0.15, 0.2) is 0 Å². The quantitative estimate of drug-likeness (QED) is 0.291. The molecule has 2 heteroatoms. The maximum absolute atomic E-state index is 8.19. The third-order valence-corrected chi connectivity index (χ3v) is 1.80. The summed E-state index contributed by atoms with van der Waals surface area (Å²) < 4.78 is 0. The van der Waals surface area contributed by atoms with Gasteiger partial charge in [-0.25, -0.2) is 0 Å². The van der Waals surface area contributed by atoms with E-state index in [0.29, 0.717) is 5.92 Å². The monoisotopic (exact) mass is 169 g/mol. The Bertz CT molecular complexity index is 157. The van der Waals surface area contributed by atoms with Crippen molar-refractivity contribution in [3.05, 3.63) is 11.6 Å². The van der Waals surface area contributed by atoms with Crippen LogP contribution in [0.25, 0.3) is 0 Å². The number of hydrogen-bond acceptors (Lipinski definition) is 2. The molecule has 1 atom stereocenters. The molecule has 0 aliphatic heterocycles. The van der Waals surface area contributed by atoms with E-state index in [1.807, 2.05) is 0 Å². The molecule has 0 aliphatic carbocycles. The van der Waals surface area contributed by atoms with E-state index in [2.05, 4.69) is 32.0 Å². The van der Waals surface area contributed by atoms with E-state index < -0.39 is 0 Å². The molecule has 12 heavy (non-hydrogen) atoms. The Labute approximate surface area is 75.0 Å². The standard InChI is InChI=1S/C10H19NO/c1-9(2)5-4-6-10(3)7-8-11-12/h5,8,10,12H,4,6-7H2,1-3H3/b11-8-/t10-/m1/s1. The van der Waals surface area contributed by atoms with Crippen LogP contribution in [-0.4, -0.2) is 11.4 Å². The molecule has 0 amide bonds. The van der Waals surface area contributed by atoms with Crippen LogP contribution in [0.15, 0.2) is 16.8 Å². The molecular formula is C10H19NO. The zero-order valence-electron chi connectivity index (χ0n) is 8.25. The number of rotatable bonds is 5. The van der Waals surface area contributed by atoms with Gasteiger partial charge in [0.2, 0.25) is 0 Å². The van der Waals surface area contributed by atoms with Crippen LogP contribution in [0.4, 0.5) is 0 Å². The second-order valence-electron chi connectivity index (χ2n) is 3.50. The smallest absolute Gasteiger partial charge is 0.0438 e. The van der Waals surface area contributed by atoms with Crippen LogP contribution in [-0.2, 0) is 0 Å². The highest BCUT2D eigenvalue weighted by atomic mass is 16.4. The van der Waals surface area contributed by atoms with Gasteiger partial charge in [0.05, 0.1) is 0 Å². The average Bonchev–Trinajstić information content (AvgIpc) is 2.00. The Kier molecular flexibility index (Phi) is 6.44. The molecule has 0 aliphatic rings. The number of allylic oxidation sites excluding steroid dienone is 2. The number of oxime groups is 1. The summed E-state index contributed by atoms with van der Waals surface area (Å²) in [5.41, 5.74) is 1.37. The highest BCUT2D eigenvalue weighted by Gasteiger charge is 1.97. The van der Waals surface area contributed by atoms with Crippen LogP contribution in [0.1, 0.15) is 40.0 Å². The SMILES string of the molecule is CC(C)=CCC[C@@H](C)C/C=N\O. The van der Waals surface area contributed by atoms with Crippen LogP contribution in [0, 0.1) is 5.92 Å². The van der Waals surface area contributed by atoms with Crippen molar-refractivity contribution in [2.45, 2.75) is 40.0 Å². The molecule has 0 rings (SSSR count). The molecule has 0 bridgehead atoms. The van der Waals surface area contributed by atoms with E-state index in [1.54, 1.807) is 6.21 Å². The summed E-state index contributed by atoms with van der Waals surface area (Å²) in [5.74, 6) is 0.608. The molecule has 70 valence electrons. The summed E-state index contributed by atoms with van der Waals surface area (Å²) in [4.78, 5) is 0. The first-order chi connectivity index (χ1) is 5.66. The molecule has 0 aromatic heterocycles. The summed E-state index contributed by atoms with van der Waals surface area (Å²) in [6.45, 7) is 6.39. The minimum absolute atomic E-state index is 0.608. The van der Waals surface area contributed by atoms with E-state index in [-0.39, 0.29) is 0 Å². The summed E-state index contributed by atoms with van der Waals surface area (Å²) >= 11 is 0. The zero-order valence-corrected chi connectivity index (χ0v) is 8.25. The molecule has 0 heterocycles. The minimum Gasteiger partial charge on any atom is -0.411 e. The van der Waals surface area contributed by atoms with Gasteiger partial charge < -0.3 is 5.21 Å². The molecule has 0 saturated heterocycles.